The minimum Gasteiger partial charge on any atom is -0.294 e. The van der Waals surface area contributed by atoms with Crippen LogP contribution in [0.25, 0.3) is 10.2 Å². The van der Waals surface area contributed by atoms with Gasteiger partial charge in [-0.05, 0) is 53.2 Å². The average molecular weight is 395 g/mol. The molecule has 1 aromatic carbocycles. The molecule has 2 heterocycles. The summed E-state index contributed by atoms with van der Waals surface area (Å²) in [6.07, 6.45) is 4.97. The maximum Gasteiger partial charge on any atom is 0.262 e. The topological polar surface area (TPSA) is 34.9 Å². The zero-order chi connectivity index (χ0) is 20.1. The van der Waals surface area contributed by atoms with E-state index in [2.05, 4.69) is 63.9 Å². The molecule has 0 N–H and O–H groups in total. The van der Waals surface area contributed by atoms with Crippen molar-refractivity contribution in [3.05, 3.63) is 62.5 Å². The number of nitrogens with zero attached hydrogens (tertiary/aromatic N) is 2. The molecule has 0 spiro atoms. The van der Waals surface area contributed by atoms with Crippen LogP contribution < -0.4 is 5.56 Å². The molecule has 0 bridgehead atoms. The molecule has 1 atom stereocenters. The second-order valence-electron chi connectivity index (χ2n) is 9.56. The molecule has 3 nitrogen and oxygen atoms in total. The van der Waals surface area contributed by atoms with E-state index in [9.17, 15) is 4.79 Å². The molecule has 28 heavy (non-hydrogen) atoms. The van der Waals surface area contributed by atoms with Gasteiger partial charge in [0.05, 0.1) is 18.3 Å². The van der Waals surface area contributed by atoms with E-state index in [-0.39, 0.29) is 5.56 Å². The van der Waals surface area contributed by atoms with Crippen LogP contribution in [0.5, 0.6) is 0 Å². The van der Waals surface area contributed by atoms with Gasteiger partial charge in [-0.2, -0.15) is 0 Å². The van der Waals surface area contributed by atoms with Crippen molar-refractivity contribution in [3.63, 3.8) is 0 Å². The van der Waals surface area contributed by atoms with E-state index in [0.29, 0.717) is 23.8 Å². The fourth-order valence-electron chi connectivity index (χ4n) is 4.26. The summed E-state index contributed by atoms with van der Waals surface area (Å²) in [4.78, 5) is 20.2. The van der Waals surface area contributed by atoms with Crippen LogP contribution in [-0.2, 0) is 19.4 Å². The molecule has 1 unspecified atom stereocenters. The van der Waals surface area contributed by atoms with E-state index >= 15 is 0 Å². The highest BCUT2D eigenvalue weighted by Gasteiger charge is 2.31. The lowest BCUT2D eigenvalue weighted by Crippen LogP contribution is -2.27. The Labute approximate surface area is 171 Å². The lowest BCUT2D eigenvalue weighted by molar-refractivity contribution is 0.218. The number of hydrogen-bond acceptors (Lipinski definition) is 3. The van der Waals surface area contributed by atoms with Crippen molar-refractivity contribution in [1.29, 1.82) is 0 Å². The summed E-state index contributed by atoms with van der Waals surface area (Å²) < 4.78 is 1.77. The van der Waals surface area contributed by atoms with Crippen molar-refractivity contribution in [2.75, 3.05) is 0 Å². The molecule has 3 aromatic rings. The standard InChI is InChI=1S/C24H30N2OS/c1-15(2)17-8-6-16(7-9-17)13-26-14-25-22-21(23(26)27)19-11-10-18(24(3,4)5)12-20(19)28-22/h6-9,14-15,18H,10-13H2,1-5H3. The van der Waals surface area contributed by atoms with E-state index < -0.39 is 0 Å². The van der Waals surface area contributed by atoms with Gasteiger partial charge in [0, 0.05) is 4.88 Å². The number of hydrogen-bond donors (Lipinski definition) is 0. The Balaban J connectivity index is 1.67. The summed E-state index contributed by atoms with van der Waals surface area (Å²) in [5, 5.41) is 0.869. The molecular formula is C24H30N2OS. The van der Waals surface area contributed by atoms with Gasteiger partial charge in [-0.1, -0.05) is 58.9 Å². The molecule has 2 aromatic heterocycles. The Morgan fingerprint density at radius 3 is 2.57 bits per heavy atom. The van der Waals surface area contributed by atoms with E-state index in [0.717, 1.165) is 35.0 Å². The van der Waals surface area contributed by atoms with Gasteiger partial charge >= 0.3 is 0 Å². The number of aromatic nitrogens is 2. The average Bonchev–Trinajstić information content (AvgIpc) is 3.02. The highest BCUT2D eigenvalue weighted by molar-refractivity contribution is 7.18. The summed E-state index contributed by atoms with van der Waals surface area (Å²) in [5.74, 6) is 1.19. The summed E-state index contributed by atoms with van der Waals surface area (Å²) in [6.45, 7) is 11.9. The number of fused-ring (bicyclic) bond motifs is 3. The van der Waals surface area contributed by atoms with Gasteiger partial charge < -0.3 is 0 Å². The van der Waals surface area contributed by atoms with E-state index in [1.807, 2.05) is 0 Å². The van der Waals surface area contributed by atoms with Gasteiger partial charge in [-0.15, -0.1) is 11.3 Å². The molecule has 4 rings (SSSR count). The number of aryl methyl sites for hydroxylation is 1. The third kappa shape index (κ3) is 3.55. The third-order valence-electron chi connectivity index (χ3n) is 6.26. The predicted octanol–water partition coefficient (Wildman–Crippen LogP) is 5.78. The van der Waals surface area contributed by atoms with Crippen LogP contribution in [0, 0.1) is 11.3 Å². The van der Waals surface area contributed by atoms with Crippen LogP contribution in [0.1, 0.15) is 68.5 Å². The molecule has 1 aliphatic rings. The van der Waals surface area contributed by atoms with Gasteiger partial charge in [0.25, 0.3) is 5.56 Å². The maximum atomic E-state index is 13.2. The largest absolute Gasteiger partial charge is 0.294 e. The first-order chi connectivity index (χ1) is 13.2. The van der Waals surface area contributed by atoms with Crippen molar-refractivity contribution in [3.8, 4) is 0 Å². The predicted molar refractivity (Wildman–Crippen MR) is 118 cm³/mol. The highest BCUT2D eigenvalue weighted by Crippen LogP contribution is 2.41. The van der Waals surface area contributed by atoms with Crippen LogP contribution in [-0.4, -0.2) is 9.55 Å². The molecule has 0 fully saturated rings. The lowest BCUT2D eigenvalue weighted by atomic mass is 9.72. The number of thiophene rings is 1. The summed E-state index contributed by atoms with van der Waals surface area (Å²) >= 11 is 1.73. The monoisotopic (exact) mass is 394 g/mol. The second-order valence-corrected chi connectivity index (χ2v) is 10.6. The van der Waals surface area contributed by atoms with E-state index in [1.165, 1.54) is 16.0 Å². The normalized spacial score (nSPS) is 17.3. The number of benzene rings is 1. The lowest BCUT2D eigenvalue weighted by Gasteiger charge is -2.33. The minimum absolute atomic E-state index is 0.115. The molecule has 1 aliphatic carbocycles. The van der Waals surface area contributed by atoms with E-state index in [4.69, 9.17) is 0 Å². The Hall–Kier alpha value is -1.94. The summed E-state index contributed by atoms with van der Waals surface area (Å²) in [7, 11) is 0. The fraction of sp³-hybridized carbons (Fsp3) is 0.500. The van der Waals surface area contributed by atoms with Crippen LogP contribution in [0.15, 0.2) is 35.4 Å². The fourth-order valence-corrected chi connectivity index (χ4v) is 5.52. The van der Waals surface area contributed by atoms with Gasteiger partial charge in [0.2, 0.25) is 0 Å². The maximum absolute atomic E-state index is 13.2. The van der Waals surface area contributed by atoms with Gasteiger partial charge in [0.15, 0.2) is 0 Å². The smallest absolute Gasteiger partial charge is 0.262 e. The molecular weight excluding hydrogens is 364 g/mol. The van der Waals surface area contributed by atoms with Crippen molar-refractivity contribution in [2.45, 2.75) is 66.3 Å². The van der Waals surface area contributed by atoms with Crippen molar-refractivity contribution in [1.82, 2.24) is 9.55 Å². The minimum atomic E-state index is 0.115. The molecule has 0 aliphatic heterocycles. The number of rotatable bonds is 3. The molecule has 148 valence electrons. The molecule has 0 saturated heterocycles. The Kier molecular flexibility index (Phi) is 4.95. The first-order valence-electron chi connectivity index (χ1n) is 10.3. The molecule has 0 saturated carbocycles. The first kappa shape index (κ1) is 19.4. The summed E-state index contributed by atoms with van der Waals surface area (Å²) in [6, 6.07) is 8.58. The van der Waals surface area contributed by atoms with Crippen molar-refractivity contribution in [2.24, 2.45) is 11.3 Å². The van der Waals surface area contributed by atoms with Gasteiger partial charge in [-0.3, -0.25) is 9.36 Å². The van der Waals surface area contributed by atoms with Crippen LogP contribution in [0.2, 0.25) is 0 Å². The second kappa shape index (κ2) is 7.14. The Morgan fingerprint density at radius 2 is 1.93 bits per heavy atom. The van der Waals surface area contributed by atoms with Gasteiger partial charge in [-0.25, -0.2) is 4.98 Å². The van der Waals surface area contributed by atoms with Crippen LogP contribution >= 0.6 is 11.3 Å². The zero-order valence-corrected chi connectivity index (χ0v) is 18.4. The van der Waals surface area contributed by atoms with Crippen molar-refractivity contribution < 1.29 is 0 Å². The molecule has 0 radical (unpaired) electrons. The SMILES string of the molecule is CC(C)c1ccc(Cn2cnc3sc4c(c3c2=O)CCC(C(C)(C)C)C4)cc1. The van der Waals surface area contributed by atoms with Crippen LogP contribution in [0.3, 0.4) is 0 Å². The quantitative estimate of drug-likeness (QED) is 0.564. The van der Waals surface area contributed by atoms with Crippen molar-refractivity contribution >= 4 is 21.6 Å². The summed E-state index contributed by atoms with van der Waals surface area (Å²) in [5.41, 5.74) is 4.16. The highest BCUT2D eigenvalue weighted by atomic mass is 32.1. The molecule has 4 heteroatoms. The van der Waals surface area contributed by atoms with Gasteiger partial charge in [0.1, 0.15) is 4.83 Å². The Morgan fingerprint density at radius 1 is 1.21 bits per heavy atom. The van der Waals surface area contributed by atoms with Crippen LogP contribution in [0.4, 0.5) is 0 Å². The Bertz CT molecular complexity index is 1050. The molecule has 0 amide bonds. The van der Waals surface area contributed by atoms with E-state index in [1.54, 1.807) is 22.2 Å². The third-order valence-corrected chi connectivity index (χ3v) is 7.42. The first-order valence-corrected chi connectivity index (χ1v) is 11.1. The zero-order valence-electron chi connectivity index (χ0n) is 17.6.